The summed E-state index contributed by atoms with van der Waals surface area (Å²) >= 11 is 1.89. The maximum Gasteiger partial charge on any atom is 0.244 e. The number of nitrogens with two attached hydrogens (primary N) is 1. The fourth-order valence-corrected chi connectivity index (χ4v) is 2.85. The number of hydrogen-bond acceptors (Lipinski definition) is 5. The van der Waals surface area contributed by atoms with Crippen molar-refractivity contribution in [3.05, 3.63) is 11.9 Å². The summed E-state index contributed by atoms with van der Waals surface area (Å²) in [4.78, 5) is 14.0. The fraction of sp³-hybridized carbons (Fsp3) is 0.700. The molecule has 1 saturated heterocycles. The fourth-order valence-electron chi connectivity index (χ4n) is 1.84. The summed E-state index contributed by atoms with van der Waals surface area (Å²) in [5.41, 5.74) is 6.15. The summed E-state index contributed by atoms with van der Waals surface area (Å²) in [5, 5.41) is 7.75. The Bertz CT molecular complexity index is 394. The number of amides is 1. The molecular weight excluding hydrogens is 238 g/mol. The predicted molar refractivity (Wildman–Crippen MR) is 66.4 cm³/mol. The SMILES string of the molecule is CC1CSCCN1C(=O)Cn1cc(CN)nn1. The Balaban J connectivity index is 1.95. The van der Waals surface area contributed by atoms with Crippen LogP contribution in [0.5, 0.6) is 0 Å². The third-order valence-electron chi connectivity index (χ3n) is 2.78. The van der Waals surface area contributed by atoms with Crippen molar-refractivity contribution in [3.63, 3.8) is 0 Å². The Morgan fingerprint density at radius 3 is 3.18 bits per heavy atom. The molecule has 0 spiro atoms. The van der Waals surface area contributed by atoms with E-state index >= 15 is 0 Å². The lowest BCUT2D eigenvalue weighted by molar-refractivity contribution is -0.133. The van der Waals surface area contributed by atoms with E-state index in [1.165, 1.54) is 0 Å². The van der Waals surface area contributed by atoms with Gasteiger partial charge in [0.2, 0.25) is 5.91 Å². The van der Waals surface area contributed by atoms with Crippen LogP contribution in [0.1, 0.15) is 12.6 Å². The normalized spacial score (nSPS) is 20.6. The maximum absolute atomic E-state index is 12.1. The summed E-state index contributed by atoms with van der Waals surface area (Å²) in [5.74, 6) is 2.13. The summed E-state index contributed by atoms with van der Waals surface area (Å²) in [7, 11) is 0. The van der Waals surface area contributed by atoms with Crippen LogP contribution >= 0.6 is 11.8 Å². The van der Waals surface area contributed by atoms with Crippen molar-refractivity contribution in [1.29, 1.82) is 0 Å². The summed E-state index contributed by atoms with van der Waals surface area (Å²) in [6.45, 7) is 3.51. The first-order chi connectivity index (χ1) is 8.20. The van der Waals surface area contributed by atoms with Gasteiger partial charge in [0.15, 0.2) is 0 Å². The van der Waals surface area contributed by atoms with Crippen LogP contribution in [-0.2, 0) is 17.9 Å². The highest BCUT2D eigenvalue weighted by atomic mass is 32.2. The average Bonchev–Trinajstić information content (AvgIpc) is 2.77. The molecule has 2 rings (SSSR count). The summed E-state index contributed by atoms with van der Waals surface area (Å²) in [6.07, 6.45) is 1.72. The van der Waals surface area contributed by atoms with Crippen molar-refractivity contribution in [1.82, 2.24) is 19.9 Å². The van der Waals surface area contributed by atoms with Crippen LogP contribution < -0.4 is 5.73 Å². The lowest BCUT2D eigenvalue weighted by Crippen LogP contribution is -2.45. The first-order valence-corrected chi connectivity index (χ1v) is 6.82. The minimum atomic E-state index is 0.103. The first kappa shape index (κ1) is 12.4. The van der Waals surface area contributed by atoms with Crippen LogP contribution in [-0.4, -0.2) is 49.9 Å². The molecule has 0 saturated carbocycles. The topological polar surface area (TPSA) is 77.0 Å². The Hall–Kier alpha value is -1.08. The van der Waals surface area contributed by atoms with Crippen LogP contribution in [0.25, 0.3) is 0 Å². The van der Waals surface area contributed by atoms with Crippen LogP contribution in [0.2, 0.25) is 0 Å². The molecule has 2 N–H and O–H groups in total. The Morgan fingerprint density at radius 1 is 1.71 bits per heavy atom. The van der Waals surface area contributed by atoms with Crippen molar-refractivity contribution in [3.8, 4) is 0 Å². The molecule has 7 heteroatoms. The number of hydrogen-bond donors (Lipinski definition) is 1. The van der Waals surface area contributed by atoms with E-state index in [0.717, 1.165) is 18.1 Å². The Kier molecular flexibility index (Phi) is 4.01. The number of thioether (sulfide) groups is 1. The van der Waals surface area contributed by atoms with Gasteiger partial charge in [0.05, 0.1) is 11.9 Å². The third-order valence-corrected chi connectivity index (χ3v) is 3.97. The second kappa shape index (κ2) is 5.50. The second-order valence-electron chi connectivity index (χ2n) is 4.12. The molecule has 0 bridgehead atoms. The van der Waals surface area contributed by atoms with Crippen molar-refractivity contribution in [2.45, 2.75) is 26.1 Å². The van der Waals surface area contributed by atoms with E-state index in [0.29, 0.717) is 18.3 Å². The van der Waals surface area contributed by atoms with Crippen LogP contribution in [0.15, 0.2) is 6.20 Å². The molecule has 0 aromatic carbocycles. The van der Waals surface area contributed by atoms with Crippen molar-refractivity contribution < 1.29 is 4.79 Å². The van der Waals surface area contributed by atoms with Gasteiger partial charge in [-0.25, -0.2) is 4.68 Å². The predicted octanol–water partition coefficient (Wildman–Crippen LogP) is -0.299. The number of rotatable bonds is 3. The second-order valence-corrected chi connectivity index (χ2v) is 5.27. The third kappa shape index (κ3) is 2.98. The lowest BCUT2D eigenvalue weighted by atomic mass is 10.3. The molecule has 1 aromatic heterocycles. The minimum absolute atomic E-state index is 0.103. The monoisotopic (exact) mass is 255 g/mol. The number of carbonyl (C=O) groups is 1. The lowest BCUT2D eigenvalue weighted by Gasteiger charge is -2.32. The van der Waals surface area contributed by atoms with E-state index in [4.69, 9.17) is 5.73 Å². The first-order valence-electron chi connectivity index (χ1n) is 5.67. The van der Waals surface area contributed by atoms with Gasteiger partial charge in [0, 0.05) is 30.6 Å². The van der Waals surface area contributed by atoms with Crippen LogP contribution in [0.3, 0.4) is 0 Å². The van der Waals surface area contributed by atoms with E-state index in [9.17, 15) is 4.79 Å². The molecule has 1 aliphatic rings. The van der Waals surface area contributed by atoms with Crippen LogP contribution in [0.4, 0.5) is 0 Å². The van der Waals surface area contributed by atoms with Crippen LogP contribution in [0, 0.1) is 0 Å². The van der Waals surface area contributed by atoms with Crippen molar-refractivity contribution >= 4 is 17.7 Å². The molecule has 0 aliphatic carbocycles. The molecule has 1 amide bonds. The van der Waals surface area contributed by atoms with E-state index in [1.54, 1.807) is 10.9 Å². The molecule has 1 fully saturated rings. The Labute approximate surface area is 105 Å². The van der Waals surface area contributed by atoms with Gasteiger partial charge in [-0.3, -0.25) is 4.79 Å². The zero-order valence-electron chi connectivity index (χ0n) is 9.87. The molecule has 94 valence electrons. The van der Waals surface area contributed by atoms with Gasteiger partial charge in [0.1, 0.15) is 6.54 Å². The highest BCUT2D eigenvalue weighted by Gasteiger charge is 2.23. The van der Waals surface area contributed by atoms with E-state index in [2.05, 4.69) is 17.2 Å². The maximum atomic E-state index is 12.1. The highest BCUT2D eigenvalue weighted by molar-refractivity contribution is 7.99. The van der Waals surface area contributed by atoms with Gasteiger partial charge in [-0.05, 0) is 6.92 Å². The van der Waals surface area contributed by atoms with Gasteiger partial charge in [-0.2, -0.15) is 11.8 Å². The van der Waals surface area contributed by atoms with E-state index in [-0.39, 0.29) is 12.5 Å². The summed E-state index contributed by atoms with van der Waals surface area (Å²) in [6, 6.07) is 0.304. The van der Waals surface area contributed by atoms with Gasteiger partial charge < -0.3 is 10.6 Å². The molecule has 0 radical (unpaired) electrons. The molecule has 1 aromatic rings. The van der Waals surface area contributed by atoms with Gasteiger partial charge >= 0.3 is 0 Å². The van der Waals surface area contributed by atoms with Gasteiger partial charge in [0.25, 0.3) is 0 Å². The number of aromatic nitrogens is 3. The smallest absolute Gasteiger partial charge is 0.244 e. The molecule has 1 aliphatic heterocycles. The number of carbonyl (C=O) groups excluding carboxylic acids is 1. The summed E-state index contributed by atoms with van der Waals surface area (Å²) < 4.78 is 1.55. The van der Waals surface area contributed by atoms with E-state index in [1.807, 2.05) is 16.7 Å². The quantitative estimate of drug-likeness (QED) is 0.802. The molecule has 1 unspecified atom stereocenters. The number of nitrogens with zero attached hydrogens (tertiary/aromatic N) is 4. The zero-order chi connectivity index (χ0) is 12.3. The van der Waals surface area contributed by atoms with Crippen molar-refractivity contribution in [2.24, 2.45) is 5.73 Å². The molecule has 6 nitrogen and oxygen atoms in total. The Morgan fingerprint density at radius 2 is 2.53 bits per heavy atom. The van der Waals surface area contributed by atoms with Gasteiger partial charge in [-0.15, -0.1) is 5.10 Å². The van der Waals surface area contributed by atoms with Crippen molar-refractivity contribution in [2.75, 3.05) is 18.1 Å². The highest BCUT2D eigenvalue weighted by Crippen LogP contribution is 2.16. The molecule has 1 atom stereocenters. The molecule has 2 heterocycles. The minimum Gasteiger partial charge on any atom is -0.337 e. The van der Waals surface area contributed by atoms with Gasteiger partial charge in [-0.1, -0.05) is 5.21 Å². The van der Waals surface area contributed by atoms with E-state index < -0.39 is 0 Å². The average molecular weight is 255 g/mol. The molecular formula is C10H17N5OS. The molecule has 17 heavy (non-hydrogen) atoms. The largest absolute Gasteiger partial charge is 0.337 e. The zero-order valence-corrected chi connectivity index (χ0v) is 10.7. The standard InChI is InChI=1S/C10H17N5OS/c1-8-7-17-3-2-15(8)10(16)6-14-5-9(4-11)12-13-14/h5,8H,2-4,6-7,11H2,1H3.